The summed E-state index contributed by atoms with van der Waals surface area (Å²) in [4.78, 5) is 25.1. The minimum Gasteiger partial charge on any atom is -0.480 e. The molecule has 1 atom stereocenters. The van der Waals surface area contributed by atoms with Crippen molar-refractivity contribution in [3.8, 4) is 11.1 Å². The number of carbonyl (C=O) groups excluding carboxylic acids is 1. The molecule has 1 aliphatic carbocycles. The smallest absolute Gasteiger partial charge is 0.407 e. The second kappa shape index (κ2) is 14.4. The molecule has 11 nitrogen and oxygen atoms in total. The molecule has 13 heteroatoms. The zero-order valence-electron chi connectivity index (χ0n) is 23.1. The Balaban J connectivity index is 1.82. The molecule has 1 amide bonds. The first kappa shape index (κ1) is 32.0. The number of carbonyl (C=O) groups is 2. The molecule has 40 heavy (non-hydrogen) atoms. The minimum absolute atomic E-state index is 0.0393. The van der Waals surface area contributed by atoms with Crippen molar-refractivity contribution in [2.45, 2.75) is 51.5 Å². The first-order valence-corrected chi connectivity index (χ1v) is 16.5. The number of ether oxygens (including phenoxy) is 1. The maximum Gasteiger partial charge on any atom is 0.407 e. The Labute approximate surface area is 234 Å². The van der Waals surface area contributed by atoms with Crippen LogP contribution in [0, 0.1) is 0 Å². The quantitative estimate of drug-likeness (QED) is 0.214. The number of fused-ring (bicyclic) bond motifs is 3. The van der Waals surface area contributed by atoms with Gasteiger partial charge in [0.25, 0.3) is 0 Å². The first-order chi connectivity index (χ1) is 19.1. The van der Waals surface area contributed by atoms with Crippen LogP contribution in [0.3, 0.4) is 0 Å². The third-order valence-electron chi connectivity index (χ3n) is 6.35. The molecule has 0 aromatic heterocycles. The molecule has 0 aliphatic heterocycles. The summed E-state index contributed by atoms with van der Waals surface area (Å²) in [6.07, 6.45) is -1.62. The largest absolute Gasteiger partial charge is 0.480 e. The van der Waals surface area contributed by atoms with Crippen LogP contribution in [-0.2, 0) is 36.8 Å². The Morgan fingerprint density at radius 1 is 0.800 bits per heavy atom. The molecule has 0 heterocycles. The molecule has 1 aliphatic rings. The van der Waals surface area contributed by atoms with Crippen LogP contribution in [0.15, 0.2) is 48.5 Å². The van der Waals surface area contributed by atoms with Gasteiger partial charge in [-0.2, -0.15) is 0 Å². The highest BCUT2D eigenvalue weighted by atomic mass is 31.2. The average molecular weight is 598 g/mol. The van der Waals surface area contributed by atoms with Crippen molar-refractivity contribution >= 4 is 27.3 Å². The standard InChI is InChI=1S/C27H37NO10P2/c1-5-35-39(32,36-6-2)25(40(33,37-7-3)38-8-4)17-24(26(29)30)28-27(31)34-18-23-21-15-11-9-13-19(21)20-14-10-12-16-22(20)23/h9-16,23-25H,5-8,17-18H2,1-4H3,(H,28,31)(H,29,30). The number of amides is 1. The third kappa shape index (κ3) is 7.21. The summed E-state index contributed by atoms with van der Waals surface area (Å²) in [7, 11) is -8.44. The molecule has 2 aromatic carbocycles. The number of hydrogen-bond donors (Lipinski definition) is 2. The molecule has 3 rings (SSSR count). The zero-order valence-corrected chi connectivity index (χ0v) is 24.9. The van der Waals surface area contributed by atoms with Crippen molar-refractivity contribution in [1.82, 2.24) is 5.32 Å². The highest BCUT2D eigenvalue weighted by Gasteiger charge is 2.52. The Bertz CT molecular complexity index is 1170. The van der Waals surface area contributed by atoms with Crippen LogP contribution in [0.2, 0.25) is 0 Å². The number of aliphatic carboxylic acids is 1. The summed E-state index contributed by atoms with van der Waals surface area (Å²) in [5.74, 6) is -1.70. The molecule has 2 aromatic rings. The molecule has 220 valence electrons. The van der Waals surface area contributed by atoms with Crippen LogP contribution in [0.25, 0.3) is 11.1 Å². The van der Waals surface area contributed by atoms with Crippen LogP contribution >= 0.6 is 15.2 Å². The zero-order chi connectivity index (χ0) is 29.3. The van der Waals surface area contributed by atoms with Crippen molar-refractivity contribution < 1.29 is 46.7 Å². The van der Waals surface area contributed by atoms with Gasteiger partial charge in [-0.3, -0.25) is 9.13 Å². The number of benzene rings is 2. The van der Waals surface area contributed by atoms with E-state index < -0.39 is 45.1 Å². The van der Waals surface area contributed by atoms with E-state index in [0.29, 0.717) is 0 Å². The summed E-state index contributed by atoms with van der Waals surface area (Å²) < 4.78 is 54.6. The van der Waals surface area contributed by atoms with E-state index in [1.165, 1.54) is 0 Å². The van der Waals surface area contributed by atoms with Crippen LogP contribution in [0.1, 0.15) is 51.2 Å². The van der Waals surface area contributed by atoms with Gasteiger partial charge in [0.2, 0.25) is 0 Å². The fourth-order valence-corrected chi connectivity index (χ4v) is 10.2. The van der Waals surface area contributed by atoms with E-state index in [9.17, 15) is 23.8 Å². The van der Waals surface area contributed by atoms with E-state index in [1.807, 2.05) is 48.5 Å². The summed E-state index contributed by atoms with van der Waals surface area (Å²) in [6.45, 7) is 5.97. The lowest BCUT2D eigenvalue weighted by Crippen LogP contribution is -2.43. The van der Waals surface area contributed by atoms with Crippen molar-refractivity contribution in [1.29, 1.82) is 0 Å². The van der Waals surface area contributed by atoms with Gasteiger partial charge in [0.05, 0.1) is 26.4 Å². The van der Waals surface area contributed by atoms with Gasteiger partial charge in [0, 0.05) is 12.3 Å². The van der Waals surface area contributed by atoms with E-state index in [2.05, 4.69) is 5.32 Å². The van der Waals surface area contributed by atoms with Crippen LogP contribution in [-0.4, -0.2) is 61.6 Å². The van der Waals surface area contributed by atoms with Gasteiger partial charge in [0.15, 0.2) is 5.40 Å². The molecule has 2 N–H and O–H groups in total. The fraction of sp³-hybridized carbons (Fsp3) is 0.481. The van der Waals surface area contributed by atoms with Gasteiger partial charge in [-0.25, -0.2) is 9.59 Å². The Hall–Kier alpha value is -2.52. The van der Waals surface area contributed by atoms with Crippen LogP contribution in [0.5, 0.6) is 0 Å². The predicted octanol–water partition coefficient (Wildman–Crippen LogP) is 6.23. The first-order valence-electron chi connectivity index (χ1n) is 13.3. The van der Waals surface area contributed by atoms with Gasteiger partial charge in [0.1, 0.15) is 12.6 Å². The summed E-state index contributed by atoms with van der Waals surface area (Å²) in [5, 5.41) is 10.6. The van der Waals surface area contributed by atoms with E-state index >= 15 is 0 Å². The van der Waals surface area contributed by atoms with Crippen LogP contribution < -0.4 is 5.32 Å². The average Bonchev–Trinajstić information content (AvgIpc) is 3.23. The summed E-state index contributed by atoms with van der Waals surface area (Å²) in [5.41, 5.74) is 4.08. The third-order valence-corrected chi connectivity index (χ3v) is 12.4. The lowest BCUT2D eigenvalue weighted by atomic mass is 9.98. The van der Waals surface area contributed by atoms with Gasteiger partial charge in [-0.05, 0) is 49.9 Å². The molecule has 0 spiro atoms. The second-order valence-electron chi connectivity index (χ2n) is 8.83. The summed E-state index contributed by atoms with van der Waals surface area (Å²) in [6, 6.07) is 13.9. The molecular weight excluding hydrogens is 560 g/mol. The van der Waals surface area contributed by atoms with Gasteiger partial charge in [-0.15, -0.1) is 0 Å². The maximum absolute atomic E-state index is 13.8. The minimum atomic E-state index is -4.22. The van der Waals surface area contributed by atoms with Crippen molar-refractivity contribution in [3.63, 3.8) is 0 Å². The fourth-order valence-electron chi connectivity index (χ4n) is 4.78. The number of carboxylic acid groups (broad SMARTS) is 1. The maximum atomic E-state index is 13.8. The lowest BCUT2D eigenvalue weighted by Gasteiger charge is -2.32. The molecule has 0 radical (unpaired) electrons. The normalized spacial score (nSPS) is 14.0. The number of carboxylic acids is 1. The number of nitrogens with one attached hydrogen (secondary N) is 1. The van der Waals surface area contributed by atoms with Crippen molar-refractivity contribution in [2.75, 3.05) is 33.0 Å². The number of hydrogen-bond acceptors (Lipinski definition) is 9. The summed E-state index contributed by atoms with van der Waals surface area (Å²) >= 11 is 0. The molecule has 0 bridgehead atoms. The molecule has 0 saturated carbocycles. The highest BCUT2D eigenvalue weighted by Crippen LogP contribution is 2.71. The molecular formula is C27H37NO10P2. The van der Waals surface area contributed by atoms with Crippen molar-refractivity contribution in [3.05, 3.63) is 59.7 Å². The Morgan fingerprint density at radius 3 is 1.62 bits per heavy atom. The lowest BCUT2D eigenvalue weighted by molar-refractivity contribution is -0.139. The van der Waals surface area contributed by atoms with E-state index in [4.69, 9.17) is 22.8 Å². The van der Waals surface area contributed by atoms with Gasteiger partial charge < -0.3 is 33.3 Å². The Morgan fingerprint density at radius 2 is 1.23 bits per heavy atom. The predicted molar refractivity (Wildman–Crippen MR) is 150 cm³/mol. The van der Waals surface area contributed by atoms with Gasteiger partial charge >= 0.3 is 27.3 Å². The van der Waals surface area contributed by atoms with Gasteiger partial charge in [-0.1, -0.05) is 48.5 Å². The monoisotopic (exact) mass is 597 g/mol. The molecule has 0 fully saturated rings. The second-order valence-corrected chi connectivity index (χ2v) is 13.7. The number of rotatable bonds is 16. The molecule has 0 saturated heterocycles. The topological polar surface area (TPSA) is 147 Å². The van der Waals surface area contributed by atoms with E-state index in [1.54, 1.807) is 27.7 Å². The van der Waals surface area contributed by atoms with E-state index in [0.717, 1.165) is 22.3 Å². The number of alkyl carbamates (subject to hydrolysis) is 1. The highest BCUT2D eigenvalue weighted by molar-refractivity contribution is 7.72. The SMILES string of the molecule is CCOP(=O)(OCC)C(CC(NC(=O)OCC1c2ccccc2-c2ccccc21)C(=O)O)P(=O)(OCC)OCC. The Kier molecular flexibility index (Phi) is 11.5. The molecule has 1 unspecified atom stereocenters. The van der Waals surface area contributed by atoms with Crippen molar-refractivity contribution in [2.24, 2.45) is 0 Å². The van der Waals surface area contributed by atoms with E-state index in [-0.39, 0.29) is 39.0 Å². The van der Waals surface area contributed by atoms with Crippen LogP contribution in [0.4, 0.5) is 4.79 Å².